The predicted molar refractivity (Wildman–Crippen MR) is 92.9 cm³/mol. The van der Waals surface area contributed by atoms with Crippen molar-refractivity contribution in [1.82, 2.24) is 4.90 Å². The van der Waals surface area contributed by atoms with Gasteiger partial charge in [-0.25, -0.2) is 9.59 Å². The number of amides is 1. The summed E-state index contributed by atoms with van der Waals surface area (Å²) in [5.41, 5.74) is 1.33. The van der Waals surface area contributed by atoms with Gasteiger partial charge in [0, 0.05) is 12.1 Å². The van der Waals surface area contributed by atoms with Gasteiger partial charge in [0.2, 0.25) is 0 Å². The maximum absolute atomic E-state index is 12.6. The van der Waals surface area contributed by atoms with Crippen LogP contribution in [0.3, 0.4) is 0 Å². The average Bonchev–Trinajstić information content (AvgIpc) is 2.98. The van der Waals surface area contributed by atoms with E-state index < -0.39 is 23.7 Å². The Morgan fingerprint density at radius 1 is 1.20 bits per heavy atom. The molecule has 0 bridgehead atoms. The van der Waals surface area contributed by atoms with Crippen molar-refractivity contribution in [3.63, 3.8) is 0 Å². The molecular formula is C19H25NO5. The minimum atomic E-state index is -0.653. The highest BCUT2D eigenvalue weighted by Crippen LogP contribution is 2.27. The zero-order valence-corrected chi connectivity index (χ0v) is 15.4. The summed E-state index contributed by atoms with van der Waals surface area (Å²) in [5, 5.41) is 0. The van der Waals surface area contributed by atoms with Gasteiger partial charge in [0.05, 0.1) is 0 Å². The molecule has 0 aliphatic carbocycles. The normalized spacial score (nSPS) is 17.3. The molecule has 1 fully saturated rings. The van der Waals surface area contributed by atoms with Crippen LogP contribution in [0.25, 0.3) is 0 Å². The Bertz CT molecular complexity index is 667. The maximum atomic E-state index is 12.6. The monoisotopic (exact) mass is 347 g/mol. The summed E-state index contributed by atoms with van der Waals surface area (Å²) >= 11 is 0. The first kappa shape index (κ1) is 19.0. The second-order valence-electron chi connectivity index (χ2n) is 7.35. The molecule has 0 aromatic heterocycles. The van der Waals surface area contributed by atoms with Crippen LogP contribution >= 0.6 is 0 Å². The Kier molecular flexibility index (Phi) is 5.50. The minimum Gasteiger partial charge on any atom is -0.444 e. The number of likely N-dealkylation sites (tertiary alicyclic amines) is 1. The number of esters is 1. The fourth-order valence-corrected chi connectivity index (χ4v) is 2.93. The van der Waals surface area contributed by atoms with Crippen molar-refractivity contribution in [2.45, 2.75) is 59.1 Å². The molecule has 1 atom stereocenters. The second-order valence-corrected chi connectivity index (χ2v) is 7.35. The van der Waals surface area contributed by atoms with Gasteiger partial charge in [-0.15, -0.1) is 0 Å². The molecule has 136 valence electrons. The highest BCUT2D eigenvalue weighted by Gasteiger charge is 2.38. The largest absolute Gasteiger partial charge is 0.444 e. The van der Waals surface area contributed by atoms with E-state index in [-0.39, 0.29) is 0 Å². The van der Waals surface area contributed by atoms with E-state index in [0.29, 0.717) is 35.4 Å². The molecule has 0 N–H and O–H groups in total. The summed E-state index contributed by atoms with van der Waals surface area (Å²) in [6.45, 7) is 9.39. The molecule has 1 saturated heterocycles. The first-order valence-corrected chi connectivity index (χ1v) is 8.40. The van der Waals surface area contributed by atoms with Crippen LogP contribution in [0, 0.1) is 13.8 Å². The number of carbonyl (C=O) groups excluding carboxylic acids is 3. The van der Waals surface area contributed by atoms with E-state index in [4.69, 9.17) is 9.47 Å². The van der Waals surface area contributed by atoms with E-state index in [1.807, 2.05) is 0 Å². The lowest BCUT2D eigenvalue weighted by Gasteiger charge is -2.27. The number of nitrogens with zero attached hydrogens (tertiary/aromatic N) is 1. The molecule has 0 saturated carbocycles. The van der Waals surface area contributed by atoms with Crippen LogP contribution in [0.2, 0.25) is 0 Å². The molecule has 6 heteroatoms. The number of aldehydes is 1. The SMILES string of the molecule is Cc1cc(C=O)cc(C)c1OC(=O)C1CCCN1C(=O)OC(C)(C)C. The van der Waals surface area contributed by atoms with Crippen LogP contribution in [0.5, 0.6) is 5.75 Å². The average molecular weight is 347 g/mol. The lowest BCUT2D eigenvalue weighted by atomic mass is 10.1. The fourth-order valence-electron chi connectivity index (χ4n) is 2.93. The van der Waals surface area contributed by atoms with Crippen molar-refractivity contribution in [2.75, 3.05) is 6.54 Å². The molecule has 1 aliphatic rings. The van der Waals surface area contributed by atoms with Crippen LogP contribution in [0.4, 0.5) is 4.79 Å². The minimum absolute atomic E-state index is 0.437. The van der Waals surface area contributed by atoms with Gasteiger partial charge >= 0.3 is 12.1 Å². The Morgan fingerprint density at radius 2 is 1.80 bits per heavy atom. The van der Waals surface area contributed by atoms with Crippen LogP contribution in [0.15, 0.2) is 12.1 Å². The third-order valence-electron chi connectivity index (χ3n) is 3.97. The van der Waals surface area contributed by atoms with E-state index >= 15 is 0 Å². The van der Waals surface area contributed by atoms with E-state index in [1.54, 1.807) is 46.8 Å². The highest BCUT2D eigenvalue weighted by atomic mass is 16.6. The van der Waals surface area contributed by atoms with Gasteiger partial charge in [-0.3, -0.25) is 9.69 Å². The summed E-state index contributed by atoms with van der Waals surface area (Å²) in [6, 6.07) is 2.69. The number of aryl methyl sites for hydroxylation is 2. The smallest absolute Gasteiger partial charge is 0.411 e. The molecule has 0 radical (unpaired) electrons. The number of carbonyl (C=O) groups is 3. The van der Waals surface area contributed by atoms with Crippen molar-refractivity contribution in [2.24, 2.45) is 0 Å². The Morgan fingerprint density at radius 3 is 2.32 bits per heavy atom. The van der Waals surface area contributed by atoms with Crippen LogP contribution < -0.4 is 4.74 Å². The predicted octanol–water partition coefficient (Wildman–Crippen LogP) is 3.42. The van der Waals surface area contributed by atoms with Gasteiger partial charge in [0.1, 0.15) is 23.7 Å². The first-order chi connectivity index (χ1) is 11.6. The number of benzene rings is 1. The van der Waals surface area contributed by atoms with Crippen LogP contribution in [-0.4, -0.2) is 41.4 Å². The molecule has 2 rings (SSSR count). The van der Waals surface area contributed by atoms with Crippen molar-refractivity contribution in [3.8, 4) is 5.75 Å². The molecule has 1 unspecified atom stereocenters. The van der Waals surface area contributed by atoms with Gasteiger partial charge in [0.25, 0.3) is 0 Å². The summed E-state index contributed by atoms with van der Waals surface area (Å²) < 4.78 is 10.9. The fraction of sp³-hybridized carbons (Fsp3) is 0.526. The molecule has 1 amide bonds. The molecule has 6 nitrogen and oxygen atoms in total. The quantitative estimate of drug-likeness (QED) is 0.476. The van der Waals surface area contributed by atoms with Crippen LogP contribution in [-0.2, 0) is 9.53 Å². The standard InChI is InChI=1S/C19H25NO5/c1-12-9-14(11-21)10-13(2)16(12)24-17(22)15-7-6-8-20(15)18(23)25-19(3,4)5/h9-11,15H,6-8H2,1-5H3. The van der Waals surface area contributed by atoms with E-state index in [1.165, 1.54) is 4.90 Å². The molecule has 25 heavy (non-hydrogen) atoms. The zero-order valence-electron chi connectivity index (χ0n) is 15.4. The number of ether oxygens (including phenoxy) is 2. The molecule has 1 heterocycles. The van der Waals surface area contributed by atoms with Gasteiger partial charge in [-0.05, 0) is 70.7 Å². The number of hydrogen-bond donors (Lipinski definition) is 0. The third kappa shape index (κ3) is 4.59. The molecule has 1 aromatic rings. The molecule has 1 aromatic carbocycles. The van der Waals surface area contributed by atoms with Gasteiger partial charge in [-0.2, -0.15) is 0 Å². The van der Waals surface area contributed by atoms with Gasteiger partial charge < -0.3 is 9.47 Å². The first-order valence-electron chi connectivity index (χ1n) is 8.40. The number of hydrogen-bond acceptors (Lipinski definition) is 5. The van der Waals surface area contributed by atoms with Gasteiger partial charge in [-0.1, -0.05) is 0 Å². The topological polar surface area (TPSA) is 72.9 Å². The van der Waals surface area contributed by atoms with Gasteiger partial charge in [0.15, 0.2) is 0 Å². The van der Waals surface area contributed by atoms with Crippen LogP contribution in [0.1, 0.15) is 55.1 Å². The summed E-state index contributed by atoms with van der Waals surface area (Å²) in [5.74, 6) is -0.0416. The summed E-state index contributed by atoms with van der Waals surface area (Å²) in [7, 11) is 0. The molecule has 0 spiro atoms. The van der Waals surface area contributed by atoms with Crippen molar-refractivity contribution >= 4 is 18.3 Å². The lowest BCUT2D eigenvalue weighted by Crippen LogP contribution is -2.44. The molecule has 1 aliphatic heterocycles. The Labute approximate surface area is 148 Å². The van der Waals surface area contributed by atoms with Crippen molar-refractivity contribution in [3.05, 3.63) is 28.8 Å². The van der Waals surface area contributed by atoms with Crippen molar-refractivity contribution in [1.29, 1.82) is 0 Å². The maximum Gasteiger partial charge on any atom is 0.411 e. The zero-order chi connectivity index (χ0) is 18.8. The van der Waals surface area contributed by atoms with E-state index in [2.05, 4.69) is 0 Å². The van der Waals surface area contributed by atoms with Crippen molar-refractivity contribution < 1.29 is 23.9 Å². The third-order valence-corrected chi connectivity index (χ3v) is 3.97. The Hall–Kier alpha value is -2.37. The highest BCUT2D eigenvalue weighted by molar-refractivity contribution is 5.84. The molecular weight excluding hydrogens is 322 g/mol. The summed E-state index contributed by atoms with van der Waals surface area (Å²) in [6.07, 6.45) is 1.52. The van der Waals surface area contributed by atoms with E-state index in [0.717, 1.165) is 12.7 Å². The lowest BCUT2D eigenvalue weighted by molar-refractivity contribution is -0.139. The summed E-state index contributed by atoms with van der Waals surface area (Å²) in [4.78, 5) is 37.3. The van der Waals surface area contributed by atoms with E-state index in [9.17, 15) is 14.4 Å². The second kappa shape index (κ2) is 7.25. The Balaban J connectivity index is 2.15. The number of rotatable bonds is 3.